The second-order valence-electron chi connectivity index (χ2n) is 8.76. The zero-order chi connectivity index (χ0) is 22.9. The molecule has 4 rings (SSSR count). The Hall–Kier alpha value is -2.09. The Bertz CT molecular complexity index is 1080. The second-order valence-corrected chi connectivity index (χ2v) is 11.1. The van der Waals surface area contributed by atoms with E-state index >= 15 is 0 Å². The number of piperidine rings is 1. The standard InChI is InChI=1S/C24H30ClN3O3S/c1-18-5-9-22(10-6-18)32(30,31)28-11-3-4-20(17-28)24(29)27-14-12-26(13-15-27)23-16-21(25)8-7-19(23)2/h5-10,16,20H,3-4,11-15,17H2,1-2H3/t20-/m0/s1. The average Bonchev–Trinajstić information content (AvgIpc) is 2.81. The fourth-order valence-electron chi connectivity index (χ4n) is 4.57. The van der Waals surface area contributed by atoms with Crippen molar-refractivity contribution in [3.05, 3.63) is 58.6 Å². The molecule has 2 saturated heterocycles. The van der Waals surface area contributed by atoms with E-state index in [4.69, 9.17) is 11.6 Å². The van der Waals surface area contributed by atoms with Crippen molar-refractivity contribution in [2.75, 3.05) is 44.2 Å². The summed E-state index contributed by atoms with van der Waals surface area (Å²) in [7, 11) is -3.59. The molecule has 0 aromatic heterocycles. The average molecular weight is 476 g/mol. The first kappa shape index (κ1) is 23.1. The van der Waals surface area contributed by atoms with Crippen LogP contribution in [-0.4, -0.2) is 62.8 Å². The van der Waals surface area contributed by atoms with Crippen molar-refractivity contribution in [3.8, 4) is 0 Å². The number of piperazine rings is 1. The van der Waals surface area contributed by atoms with Crippen molar-refractivity contribution in [2.45, 2.75) is 31.6 Å². The van der Waals surface area contributed by atoms with Crippen LogP contribution in [-0.2, 0) is 14.8 Å². The number of anilines is 1. The summed E-state index contributed by atoms with van der Waals surface area (Å²) < 4.78 is 27.7. The number of aryl methyl sites for hydroxylation is 2. The molecule has 2 aromatic carbocycles. The summed E-state index contributed by atoms with van der Waals surface area (Å²) in [5.41, 5.74) is 3.29. The fraction of sp³-hybridized carbons (Fsp3) is 0.458. The van der Waals surface area contributed by atoms with Crippen LogP contribution in [0.25, 0.3) is 0 Å². The summed E-state index contributed by atoms with van der Waals surface area (Å²) in [6.45, 7) is 7.45. The number of benzene rings is 2. The van der Waals surface area contributed by atoms with Gasteiger partial charge in [0, 0.05) is 50.0 Å². The number of rotatable bonds is 4. The molecule has 0 unspecified atom stereocenters. The summed E-state index contributed by atoms with van der Waals surface area (Å²) in [4.78, 5) is 17.7. The lowest BCUT2D eigenvalue weighted by Crippen LogP contribution is -2.53. The van der Waals surface area contributed by atoms with Gasteiger partial charge in [-0.05, 0) is 56.5 Å². The summed E-state index contributed by atoms with van der Waals surface area (Å²) in [6, 6.07) is 12.8. The minimum Gasteiger partial charge on any atom is -0.368 e. The highest BCUT2D eigenvalue weighted by Crippen LogP contribution is 2.28. The molecule has 2 heterocycles. The van der Waals surface area contributed by atoms with Crippen LogP contribution >= 0.6 is 11.6 Å². The molecule has 0 bridgehead atoms. The lowest BCUT2D eigenvalue weighted by atomic mass is 9.97. The van der Waals surface area contributed by atoms with Gasteiger partial charge in [0.15, 0.2) is 0 Å². The van der Waals surface area contributed by atoms with E-state index in [1.165, 1.54) is 9.87 Å². The summed E-state index contributed by atoms with van der Waals surface area (Å²) in [5.74, 6) is -0.222. The van der Waals surface area contributed by atoms with Crippen LogP contribution in [0, 0.1) is 19.8 Å². The van der Waals surface area contributed by atoms with Crippen LogP contribution in [0.4, 0.5) is 5.69 Å². The van der Waals surface area contributed by atoms with Gasteiger partial charge in [-0.1, -0.05) is 35.4 Å². The molecule has 2 fully saturated rings. The third-order valence-electron chi connectivity index (χ3n) is 6.50. The number of carbonyl (C=O) groups excluding carboxylic acids is 1. The number of nitrogens with zero attached hydrogens (tertiary/aromatic N) is 3. The van der Waals surface area contributed by atoms with E-state index in [2.05, 4.69) is 11.8 Å². The fourth-order valence-corrected chi connectivity index (χ4v) is 6.26. The number of amides is 1. The topological polar surface area (TPSA) is 60.9 Å². The molecule has 172 valence electrons. The molecule has 2 aliphatic rings. The molecule has 0 N–H and O–H groups in total. The summed E-state index contributed by atoms with van der Waals surface area (Å²) >= 11 is 6.17. The van der Waals surface area contributed by atoms with Crippen molar-refractivity contribution in [3.63, 3.8) is 0 Å². The Balaban J connectivity index is 1.39. The molecule has 0 saturated carbocycles. The SMILES string of the molecule is Cc1ccc(S(=O)(=O)N2CCC[C@H](C(=O)N3CCN(c4cc(Cl)ccc4C)CC3)C2)cc1. The van der Waals surface area contributed by atoms with Crippen molar-refractivity contribution in [2.24, 2.45) is 5.92 Å². The largest absolute Gasteiger partial charge is 0.368 e. The monoisotopic (exact) mass is 475 g/mol. The molecule has 0 radical (unpaired) electrons. The number of halogens is 1. The predicted octanol–water partition coefficient (Wildman–Crippen LogP) is 3.71. The highest BCUT2D eigenvalue weighted by Gasteiger charge is 2.36. The molecule has 2 aliphatic heterocycles. The van der Waals surface area contributed by atoms with Gasteiger partial charge in [-0.25, -0.2) is 8.42 Å². The van der Waals surface area contributed by atoms with Crippen molar-refractivity contribution < 1.29 is 13.2 Å². The maximum Gasteiger partial charge on any atom is 0.243 e. The third kappa shape index (κ3) is 4.80. The Kier molecular flexibility index (Phi) is 6.79. The number of carbonyl (C=O) groups is 1. The highest BCUT2D eigenvalue weighted by atomic mass is 35.5. The molecule has 0 aliphatic carbocycles. The first-order chi connectivity index (χ1) is 15.3. The van der Waals surface area contributed by atoms with E-state index in [0.29, 0.717) is 36.0 Å². The molecule has 6 nitrogen and oxygen atoms in total. The smallest absolute Gasteiger partial charge is 0.243 e. The Morgan fingerprint density at radius 3 is 2.34 bits per heavy atom. The Labute approximate surface area is 195 Å². The van der Waals surface area contributed by atoms with Gasteiger partial charge in [0.1, 0.15) is 0 Å². The predicted molar refractivity (Wildman–Crippen MR) is 128 cm³/mol. The number of hydrogen-bond acceptors (Lipinski definition) is 4. The van der Waals surface area contributed by atoms with Crippen LogP contribution < -0.4 is 4.90 Å². The van der Waals surface area contributed by atoms with Crippen LogP contribution in [0.15, 0.2) is 47.4 Å². The number of sulfonamides is 1. The maximum atomic E-state index is 13.2. The van der Waals surface area contributed by atoms with Crippen molar-refractivity contribution in [1.29, 1.82) is 0 Å². The zero-order valence-corrected chi connectivity index (χ0v) is 20.2. The van der Waals surface area contributed by atoms with E-state index < -0.39 is 10.0 Å². The summed E-state index contributed by atoms with van der Waals surface area (Å²) in [6.07, 6.45) is 1.43. The molecule has 1 amide bonds. The lowest BCUT2D eigenvalue weighted by Gasteiger charge is -2.40. The molecular formula is C24H30ClN3O3S. The van der Waals surface area contributed by atoms with Crippen LogP contribution in [0.5, 0.6) is 0 Å². The van der Waals surface area contributed by atoms with Crippen LogP contribution in [0.2, 0.25) is 5.02 Å². The minimum absolute atomic E-state index is 0.0660. The van der Waals surface area contributed by atoms with E-state index in [1.54, 1.807) is 24.3 Å². The molecule has 2 aromatic rings. The Morgan fingerprint density at radius 2 is 1.66 bits per heavy atom. The van der Waals surface area contributed by atoms with Gasteiger partial charge in [0.25, 0.3) is 0 Å². The number of hydrogen-bond donors (Lipinski definition) is 0. The van der Waals surface area contributed by atoms with E-state index in [1.807, 2.05) is 30.0 Å². The van der Waals surface area contributed by atoms with Gasteiger partial charge >= 0.3 is 0 Å². The van der Waals surface area contributed by atoms with Gasteiger partial charge in [0.05, 0.1) is 10.8 Å². The molecule has 8 heteroatoms. The molecule has 0 spiro atoms. The molecule has 32 heavy (non-hydrogen) atoms. The maximum absolute atomic E-state index is 13.2. The second kappa shape index (κ2) is 9.41. The van der Waals surface area contributed by atoms with Gasteiger partial charge in [0.2, 0.25) is 15.9 Å². The molecular weight excluding hydrogens is 446 g/mol. The quantitative estimate of drug-likeness (QED) is 0.676. The Morgan fingerprint density at radius 1 is 0.969 bits per heavy atom. The van der Waals surface area contributed by atoms with E-state index in [-0.39, 0.29) is 18.4 Å². The molecule has 1 atom stereocenters. The van der Waals surface area contributed by atoms with Gasteiger partial charge in [-0.15, -0.1) is 0 Å². The van der Waals surface area contributed by atoms with Crippen molar-refractivity contribution in [1.82, 2.24) is 9.21 Å². The highest BCUT2D eigenvalue weighted by molar-refractivity contribution is 7.89. The third-order valence-corrected chi connectivity index (χ3v) is 8.61. The first-order valence-corrected chi connectivity index (χ1v) is 12.9. The first-order valence-electron chi connectivity index (χ1n) is 11.1. The van der Waals surface area contributed by atoms with Gasteiger partial charge in [-0.3, -0.25) is 4.79 Å². The van der Waals surface area contributed by atoms with Crippen LogP contribution in [0.3, 0.4) is 0 Å². The normalized spacial score (nSPS) is 20.4. The van der Waals surface area contributed by atoms with E-state index in [9.17, 15) is 13.2 Å². The van der Waals surface area contributed by atoms with Gasteiger partial charge < -0.3 is 9.80 Å². The summed E-state index contributed by atoms with van der Waals surface area (Å²) in [5, 5.41) is 0.709. The zero-order valence-electron chi connectivity index (χ0n) is 18.6. The van der Waals surface area contributed by atoms with Gasteiger partial charge in [-0.2, -0.15) is 4.31 Å². The van der Waals surface area contributed by atoms with E-state index in [0.717, 1.165) is 30.8 Å². The minimum atomic E-state index is -3.59. The van der Waals surface area contributed by atoms with Crippen molar-refractivity contribution >= 4 is 33.2 Å². The van der Waals surface area contributed by atoms with Crippen LogP contribution in [0.1, 0.15) is 24.0 Å². The lowest BCUT2D eigenvalue weighted by molar-refractivity contribution is -0.137.